The first kappa shape index (κ1) is 8.44. The standard InChI is InChI=1S/C9H13N3O/c1-10-5-6-9-7(12(2)11-6)3-4-8(9)13/h10H,3-5H2,1-2H3. The van der Waals surface area contributed by atoms with E-state index in [1.54, 1.807) is 0 Å². The maximum Gasteiger partial charge on any atom is 0.167 e. The summed E-state index contributed by atoms with van der Waals surface area (Å²) in [7, 11) is 3.76. The van der Waals surface area contributed by atoms with Gasteiger partial charge in [-0.15, -0.1) is 0 Å². The van der Waals surface area contributed by atoms with Crippen molar-refractivity contribution in [3.63, 3.8) is 0 Å². The molecule has 1 N–H and O–H groups in total. The van der Waals surface area contributed by atoms with Crippen molar-refractivity contribution in [1.82, 2.24) is 15.1 Å². The Labute approximate surface area is 76.9 Å². The van der Waals surface area contributed by atoms with Crippen LogP contribution >= 0.6 is 0 Å². The number of aromatic nitrogens is 2. The van der Waals surface area contributed by atoms with Gasteiger partial charge in [0.25, 0.3) is 0 Å². The van der Waals surface area contributed by atoms with Crippen LogP contribution in [0.2, 0.25) is 0 Å². The van der Waals surface area contributed by atoms with E-state index in [-0.39, 0.29) is 5.78 Å². The monoisotopic (exact) mass is 179 g/mol. The molecule has 0 radical (unpaired) electrons. The largest absolute Gasteiger partial charge is 0.314 e. The number of fused-ring (bicyclic) bond motifs is 1. The average Bonchev–Trinajstić information content (AvgIpc) is 2.58. The molecule has 0 aromatic carbocycles. The molecule has 70 valence electrons. The SMILES string of the molecule is CNCc1nn(C)c2c1C(=O)CC2. The van der Waals surface area contributed by atoms with Crippen LogP contribution in [0.25, 0.3) is 0 Å². The first-order chi connectivity index (χ1) is 6.24. The first-order valence-electron chi connectivity index (χ1n) is 4.46. The van der Waals surface area contributed by atoms with Gasteiger partial charge in [-0.1, -0.05) is 0 Å². The van der Waals surface area contributed by atoms with Crippen LogP contribution in [0.5, 0.6) is 0 Å². The molecule has 0 fully saturated rings. The molecular weight excluding hydrogens is 166 g/mol. The molecule has 0 spiro atoms. The number of hydrogen-bond acceptors (Lipinski definition) is 3. The number of nitrogens with zero attached hydrogens (tertiary/aromatic N) is 2. The van der Waals surface area contributed by atoms with Gasteiger partial charge in [0.15, 0.2) is 5.78 Å². The topological polar surface area (TPSA) is 46.9 Å². The average molecular weight is 179 g/mol. The summed E-state index contributed by atoms with van der Waals surface area (Å²) in [6.45, 7) is 0.676. The smallest absolute Gasteiger partial charge is 0.167 e. The zero-order valence-corrected chi connectivity index (χ0v) is 7.92. The Kier molecular flexibility index (Phi) is 1.92. The summed E-state index contributed by atoms with van der Waals surface area (Å²) >= 11 is 0. The second-order valence-corrected chi connectivity index (χ2v) is 3.35. The number of Topliss-reactive ketones (excluding diaryl/α,β-unsaturated/α-hetero) is 1. The molecule has 4 heteroatoms. The van der Waals surface area contributed by atoms with Gasteiger partial charge in [0.05, 0.1) is 11.3 Å². The molecule has 1 aliphatic rings. The van der Waals surface area contributed by atoms with Crippen molar-refractivity contribution in [2.75, 3.05) is 7.05 Å². The Hall–Kier alpha value is -1.16. The third kappa shape index (κ3) is 1.18. The van der Waals surface area contributed by atoms with Crippen LogP contribution in [-0.4, -0.2) is 22.6 Å². The highest BCUT2D eigenvalue weighted by molar-refractivity contribution is 6.01. The second kappa shape index (κ2) is 2.96. The molecule has 1 aliphatic carbocycles. The van der Waals surface area contributed by atoms with Crippen LogP contribution in [0.15, 0.2) is 0 Å². The number of ketones is 1. The minimum atomic E-state index is 0.244. The van der Waals surface area contributed by atoms with Crippen LogP contribution < -0.4 is 5.32 Å². The number of carbonyl (C=O) groups excluding carboxylic acids is 1. The Morgan fingerprint density at radius 2 is 2.31 bits per heavy atom. The van der Waals surface area contributed by atoms with Crippen molar-refractivity contribution in [3.05, 3.63) is 17.0 Å². The lowest BCUT2D eigenvalue weighted by atomic mass is 10.2. The summed E-state index contributed by atoms with van der Waals surface area (Å²) in [4.78, 5) is 11.5. The maximum atomic E-state index is 11.5. The Morgan fingerprint density at radius 1 is 1.54 bits per heavy atom. The summed E-state index contributed by atoms with van der Waals surface area (Å²) in [6, 6.07) is 0. The molecule has 0 bridgehead atoms. The highest BCUT2D eigenvalue weighted by Gasteiger charge is 2.27. The summed E-state index contributed by atoms with van der Waals surface area (Å²) in [5, 5.41) is 7.33. The van der Waals surface area contributed by atoms with E-state index in [1.165, 1.54) is 0 Å². The van der Waals surface area contributed by atoms with E-state index >= 15 is 0 Å². The van der Waals surface area contributed by atoms with Crippen LogP contribution in [0.1, 0.15) is 28.2 Å². The van der Waals surface area contributed by atoms with Crippen molar-refractivity contribution < 1.29 is 4.79 Å². The van der Waals surface area contributed by atoms with Gasteiger partial charge >= 0.3 is 0 Å². The van der Waals surface area contributed by atoms with Crippen molar-refractivity contribution in [1.29, 1.82) is 0 Å². The van der Waals surface area contributed by atoms with E-state index in [1.807, 2.05) is 18.8 Å². The van der Waals surface area contributed by atoms with Gasteiger partial charge in [0.1, 0.15) is 0 Å². The molecule has 0 saturated carbocycles. The molecule has 4 nitrogen and oxygen atoms in total. The molecule has 1 aromatic heterocycles. The molecule has 1 aromatic rings. The molecule has 0 saturated heterocycles. The minimum absolute atomic E-state index is 0.244. The van der Waals surface area contributed by atoms with Crippen LogP contribution in [-0.2, 0) is 20.0 Å². The number of rotatable bonds is 2. The fraction of sp³-hybridized carbons (Fsp3) is 0.556. The van der Waals surface area contributed by atoms with Crippen LogP contribution in [0.3, 0.4) is 0 Å². The van der Waals surface area contributed by atoms with Gasteiger partial charge in [-0.3, -0.25) is 9.48 Å². The van der Waals surface area contributed by atoms with Crippen molar-refractivity contribution in [2.24, 2.45) is 7.05 Å². The molecular formula is C9H13N3O. The maximum absolute atomic E-state index is 11.5. The fourth-order valence-electron chi connectivity index (χ4n) is 1.88. The third-order valence-electron chi connectivity index (χ3n) is 2.45. The molecule has 1 heterocycles. The van der Waals surface area contributed by atoms with E-state index in [9.17, 15) is 4.79 Å². The zero-order valence-electron chi connectivity index (χ0n) is 7.92. The molecule has 13 heavy (non-hydrogen) atoms. The lowest BCUT2D eigenvalue weighted by Gasteiger charge is -1.95. The fourth-order valence-corrected chi connectivity index (χ4v) is 1.88. The molecule has 0 unspecified atom stereocenters. The van der Waals surface area contributed by atoms with E-state index in [0.29, 0.717) is 13.0 Å². The number of carbonyl (C=O) groups is 1. The predicted octanol–water partition coefficient (Wildman–Crippen LogP) is 0.268. The molecule has 0 atom stereocenters. The Bertz CT molecular complexity index is 354. The summed E-state index contributed by atoms with van der Waals surface area (Å²) in [5.74, 6) is 0.244. The van der Waals surface area contributed by atoms with Crippen LogP contribution in [0.4, 0.5) is 0 Å². The first-order valence-corrected chi connectivity index (χ1v) is 4.46. The van der Waals surface area contributed by atoms with E-state index in [2.05, 4.69) is 10.4 Å². The quantitative estimate of drug-likeness (QED) is 0.708. The summed E-state index contributed by atoms with van der Waals surface area (Å²) < 4.78 is 1.83. The predicted molar refractivity (Wildman–Crippen MR) is 48.6 cm³/mol. The van der Waals surface area contributed by atoms with Gasteiger partial charge < -0.3 is 5.32 Å². The highest BCUT2D eigenvalue weighted by Crippen LogP contribution is 2.24. The number of aryl methyl sites for hydroxylation is 1. The second-order valence-electron chi connectivity index (χ2n) is 3.35. The van der Waals surface area contributed by atoms with Crippen molar-refractivity contribution in [2.45, 2.75) is 19.4 Å². The van der Waals surface area contributed by atoms with E-state index in [0.717, 1.165) is 23.4 Å². The van der Waals surface area contributed by atoms with Crippen LogP contribution in [0, 0.1) is 0 Å². The third-order valence-corrected chi connectivity index (χ3v) is 2.45. The zero-order chi connectivity index (χ0) is 9.42. The number of nitrogens with one attached hydrogen (secondary N) is 1. The van der Waals surface area contributed by atoms with Gasteiger partial charge in [0, 0.05) is 25.7 Å². The molecule has 2 rings (SSSR count). The minimum Gasteiger partial charge on any atom is -0.314 e. The normalized spacial score (nSPS) is 15.1. The van der Waals surface area contributed by atoms with Gasteiger partial charge in [-0.25, -0.2) is 0 Å². The summed E-state index contributed by atoms with van der Waals surface area (Å²) in [6.07, 6.45) is 1.50. The molecule has 0 amide bonds. The van der Waals surface area contributed by atoms with Gasteiger partial charge in [-0.2, -0.15) is 5.10 Å². The molecule has 0 aliphatic heterocycles. The Morgan fingerprint density at radius 3 is 3.00 bits per heavy atom. The van der Waals surface area contributed by atoms with Gasteiger partial charge in [0.2, 0.25) is 0 Å². The summed E-state index contributed by atoms with van der Waals surface area (Å²) in [5.41, 5.74) is 2.84. The Balaban J connectivity index is 2.48. The lowest BCUT2D eigenvalue weighted by Crippen LogP contribution is -2.09. The van der Waals surface area contributed by atoms with Gasteiger partial charge in [-0.05, 0) is 13.5 Å². The van der Waals surface area contributed by atoms with E-state index < -0.39 is 0 Å². The van der Waals surface area contributed by atoms with Crippen molar-refractivity contribution in [3.8, 4) is 0 Å². The van der Waals surface area contributed by atoms with Crippen molar-refractivity contribution >= 4 is 5.78 Å². The number of hydrogen-bond donors (Lipinski definition) is 1. The van der Waals surface area contributed by atoms with E-state index in [4.69, 9.17) is 0 Å². The lowest BCUT2D eigenvalue weighted by molar-refractivity contribution is 0.0993. The highest BCUT2D eigenvalue weighted by atomic mass is 16.1.